The second-order valence-corrected chi connectivity index (χ2v) is 4.23. The van der Waals surface area contributed by atoms with Gasteiger partial charge < -0.3 is 9.88 Å². The highest BCUT2D eigenvalue weighted by Gasteiger charge is 2.09. The SMILES string of the molecule is CCCn1c(CCCNC)nc2cccnc21. The number of fused-ring (bicyclic) bond motifs is 1. The van der Waals surface area contributed by atoms with Gasteiger partial charge >= 0.3 is 0 Å². The Hall–Kier alpha value is -1.42. The quantitative estimate of drug-likeness (QED) is 0.775. The van der Waals surface area contributed by atoms with Gasteiger partial charge in [-0.15, -0.1) is 0 Å². The van der Waals surface area contributed by atoms with Crippen molar-refractivity contribution in [3.63, 3.8) is 0 Å². The molecule has 0 unspecified atom stereocenters. The first-order chi connectivity index (χ1) is 8.36. The normalized spacial score (nSPS) is 11.2. The summed E-state index contributed by atoms with van der Waals surface area (Å²) in [4.78, 5) is 9.11. The molecule has 0 amide bonds. The van der Waals surface area contributed by atoms with Crippen LogP contribution >= 0.6 is 0 Å². The highest BCUT2D eigenvalue weighted by Crippen LogP contribution is 2.15. The number of nitrogens with zero attached hydrogens (tertiary/aromatic N) is 3. The van der Waals surface area contributed by atoms with Crippen molar-refractivity contribution in [2.75, 3.05) is 13.6 Å². The van der Waals surface area contributed by atoms with Crippen LogP contribution in [-0.4, -0.2) is 28.1 Å². The van der Waals surface area contributed by atoms with Gasteiger partial charge in [0.25, 0.3) is 0 Å². The summed E-state index contributed by atoms with van der Waals surface area (Å²) < 4.78 is 2.25. The molecule has 0 fully saturated rings. The van der Waals surface area contributed by atoms with Crippen LogP contribution in [-0.2, 0) is 13.0 Å². The molecule has 0 aliphatic carbocycles. The first-order valence-corrected chi connectivity index (χ1v) is 6.31. The summed E-state index contributed by atoms with van der Waals surface area (Å²) >= 11 is 0. The molecule has 0 bridgehead atoms. The number of imidazole rings is 1. The van der Waals surface area contributed by atoms with Crippen molar-refractivity contribution in [3.8, 4) is 0 Å². The lowest BCUT2D eigenvalue weighted by atomic mass is 10.3. The Labute approximate surface area is 102 Å². The van der Waals surface area contributed by atoms with Gasteiger partial charge in [0.15, 0.2) is 5.65 Å². The first-order valence-electron chi connectivity index (χ1n) is 6.31. The van der Waals surface area contributed by atoms with Crippen LogP contribution in [0.1, 0.15) is 25.6 Å². The molecule has 0 aliphatic heterocycles. The zero-order chi connectivity index (χ0) is 12.1. The topological polar surface area (TPSA) is 42.7 Å². The third-order valence-corrected chi connectivity index (χ3v) is 2.86. The molecule has 0 saturated heterocycles. The van der Waals surface area contributed by atoms with Crippen molar-refractivity contribution in [2.24, 2.45) is 0 Å². The third kappa shape index (κ3) is 2.64. The van der Waals surface area contributed by atoms with E-state index >= 15 is 0 Å². The fourth-order valence-corrected chi connectivity index (χ4v) is 2.08. The van der Waals surface area contributed by atoms with E-state index in [4.69, 9.17) is 0 Å². The number of hydrogen-bond acceptors (Lipinski definition) is 3. The van der Waals surface area contributed by atoms with Gasteiger partial charge in [0.05, 0.1) is 0 Å². The van der Waals surface area contributed by atoms with E-state index in [1.165, 1.54) is 0 Å². The van der Waals surface area contributed by atoms with Gasteiger partial charge in [-0.25, -0.2) is 9.97 Å². The van der Waals surface area contributed by atoms with E-state index in [-0.39, 0.29) is 0 Å². The smallest absolute Gasteiger partial charge is 0.159 e. The maximum absolute atomic E-state index is 4.68. The van der Waals surface area contributed by atoms with E-state index in [2.05, 4.69) is 26.8 Å². The fourth-order valence-electron chi connectivity index (χ4n) is 2.08. The first kappa shape index (κ1) is 12.0. The molecule has 0 aliphatic rings. The van der Waals surface area contributed by atoms with Crippen LogP contribution < -0.4 is 5.32 Å². The molecule has 2 rings (SSSR count). The molecule has 1 N–H and O–H groups in total. The molecule has 2 aromatic rings. The van der Waals surface area contributed by atoms with Crippen molar-refractivity contribution in [3.05, 3.63) is 24.2 Å². The average molecular weight is 232 g/mol. The summed E-state index contributed by atoms with van der Waals surface area (Å²) in [6, 6.07) is 3.99. The largest absolute Gasteiger partial charge is 0.320 e. The van der Waals surface area contributed by atoms with E-state index in [1.807, 2.05) is 25.4 Å². The van der Waals surface area contributed by atoms with E-state index in [0.29, 0.717) is 0 Å². The Bertz CT molecular complexity index is 475. The molecule has 0 aromatic carbocycles. The number of rotatable bonds is 6. The maximum Gasteiger partial charge on any atom is 0.159 e. The third-order valence-electron chi connectivity index (χ3n) is 2.86. The summed E-state index contributed by atoms with van der Waals surface area (Å²) in [6.45, 7) is 4.22. The van der Waals surface area contributed by atoms with Crippen molar-refractivity contribution in [1.29, 1.82) is 0 Å². The van der Waals surface area contributed by atoms with Crippen LogP contribution in [0.15, 0.2) is 18.3 Å². The van der Waals surface area contributed by atoms with Crippen LogP contribution in [0, 0.1) is 0 Å². The lowest BCUT2D eigenvalue weighted by molar-refractivity contribution is 0.622. The zero-order valence-electron chi connectivity index (χ0n) is 10.6. The minimum atomic E-state index is 1.00. The number of pyridine rings is 1. The van der Waals surface area contributed by atoms with E-state index in [0.717, 1.165) is 49.3 Å². The van der Waals surface area contributed by atoms with Gasteiger partial charge in [-0.1, -0.05) is 6.92 Å². The Balaban J connectivity index is 2.29. The molecular weight excluding hydrogens is 212 g/mol. The summed E-state index contributed by atoms with van der Waals surface area (Å²) in [6.07, 6.45) is 5.08. The fraction of sp³-hybridized carbons (Fsp3) is 0.538. The maximum atomic E-state index is 4.68. The summed E-state index contributed by atoms with van der Waals surface area (Å²) in [5, 5.41) is 3.17. The molecule has 0 radical (unpaired) electrons. The highest BCUT2D eigenvalue weighted by atomic mass is 15.1. The highest BCUT2D eigenvalue weighted by molar-refractivity contribution is 5.71. The molecule has 2 heterocycles. The lowest BCUT2D eigenvalue weighted by Crippen LogP contribution is -2.11. The molecule has 4 heteroatoms. The molecule has 17 heavy (non-hydrogen) atoms. The Morgan fingerprint density at radius 3 is 3.06 bits per heavy atom. The number of aromatic nitrogens is 3. The van der Waals surface area contributed by atoms with Gasteiger partial charge in [-0.05, 0) is 38.6 Å². The Morgan fingerprint density at radius 1 is 1.41 bits per heavy atom. The average Bonchev–Trinajstić information content (AvgIpc) is 2.69. The predicted octanol–water partition coefficient (Wildman–Crippen LogP) is 1.99. The van der Waals surface area contributed by atoms with Crippen LogP contribution in [0.25, 0.3) is 11.2 Å². The molecule has 0 atom stereocenters. The number of hydrogen-bond donors (Lipinski definition) is 1. The van der Waals surface area contributed by atoms with Gasteiger partial charge in [-0.2, -0.15) is 0 Å². The van der Waals surface area contributed by atoms with Crippen molar-refractivity contribution >= 4 is 11.2 Å². The molecule has 2 aromatic heterocycles. The Kier molecular flexibility index (Phi) is 4.09. The minimum Gasteiger partial charge on any atom is -0.320 e. The monoisotopic (exact) mass is 232 g/mol. The number of nitrogens with one attached hydrogen (secondary N) is 1. The Morgan fingerprint density at radius 2 is 2.29 bits per heavy atom. The summed E-state index contributed by atoms with van der Waals surface area (Å²) in [5.74, 6) is 1.16. The van der Waals surface area contributed by atoms with Gasteiger partial charge in [0.1, 0.15) is 11.3 Å². The summed E-state index contributed by atoms with van der Waals surface area (Å²) in [7, 11) is 1.98. The molecule has 92 valence electrons. The summed E-state index contributed by atoms with van der Waals surface area (Å²) in [5.41, 5.74) is 2.04. The molecule has 0 spiro atoms. The van der Waals surface area contributed by atoms with Crippen LogP contribution in [0.3, 0.4) is 0 Å². The van der Waals surface area contributed by atoms with Gasteiger partial charge in [0.2, 0.25) is 0 Å². The van der Waals surface area contributed by atoms with Gasteiger partial charge in [0, 0.05) is 19.2 Å². The molecular formula is C13H20N4. The van der Waals surface area contributed by atoms with Crippen molar-refractivity contribution < 1.29 is 0 Å². The van der Waals surface area contributed by atoms with Crippen LogP contribution in [0.5, 0.6) is 0 Å². The van der Waals surface area contributed by atoms with Crippen molar-refractivity contribution in [1.82, 2.24) is 19.9 Å². The second kappa shape index (κ2) is 5.77. The van der Waals surface area contributed by atoms with Crippen LogP contribution in [0.2, 0.25) is 0 Å². The van der Waals surface area contributed by atoms with E-state index in [9.17, 15) is 0 Å². The predicted molar refractivity (Wildman–Crippen MR) is 70.1 cm³/mol. The molecule has 0 saturated carbocycles. The standard InChI is InChI=1S/C13H20N4/c1-3-10-17-12(7-5-8-14-2)16-11-6-4-9-15-13(11)17/h4,6,9,14H,3,5,7-8,10H2,1-2H3. The van der Waals surface area contributed by atoms with Gasteiger partial charge in [-0.3, -0.25) is 0 Å². The second-order valence-electron chi connectivity index (χ2n) is 4.23. The molecule has 4 nitrogen and oxygen atoms in total. The van der Waals surface area contributed by atoms with E-state index in [1.54, 1.807) is 0 Å². The van der Waals surface area contributed by atoms with Crippen LogP contribution in [0.4, 0.5) is 0 Å². The number of aryl methyl sites for hydroxylation is 2. The lowest BCUT2D eigenvalue weighted by Gasteiger charge is -2.06. The van der Waals surface area contributed by atoms with E-state index < -0.39 is 0 Å². The van der Waals surface area contributed by atoms with Crippen molar-refractivity contribution in [2.45, 2.75) is 32.7 Å². The minimum absolute atomic E-state index is 1.00. The zero-order valence-corrected chi connectivity index (χ0v) is 10.6.